The molecule has 0 bridgehead atoms. The minimum Gasteiger partial charge on any atom is -0.362 e. The van der Waals surface area contributed by atoms with Crippen molar-refractivity contribution in [3.63, 3.8) is 0 Å². The van der Waals surface area contributed by atoms with Gasteiger partial charge >= 0.3 is 0 Å². The monoisotopic (exact) mass is 404 g/mol. The SMILES string of the molecule is CN1CCCCC/C1=N\S(=O)(=O)c1cccc(NC(=O)c2ccnc(F)c2)c1. The number of nitrogens with zero attached hydrogens (tertiary/aromatic N) is 3. The van der Waals surface area contributed by atoms with Gasteiger partial charge in [0.2, 0.25) is 5.95 Å². The van der Waals surface area contributed by atoms with E-state index >= 15 is 0 Å². The zero-order valence-electron chi connectivity index (χ0n) is 15.4. The van der Waals surface area contributed by atoms with Crippen LogP contribution in [-0.2, 0) is 10.0 Å². The summed E-state index contributed by atoms with van der Waals surface area (Å²) in [6.45, 7) is 0.771. The molecule has 7 nitrogen and oxygen atoms in total. The molecule has 0 unspecified atom stereocenters. The number of amides is 1. The Hall–Kier alpha value is -2.81. The Morgan fingerprint density at radius 3 is 2.82 bits per heavy atom. The van der Waals surface area contributed by atoms with Crippen molar-refractivity contribution in [1.82, 2.24) is 9.88 Å². The smallest absolute Gasteiger partial charge is 0.284 e. The van der Waals surface area contributed by atoms with Crippen LogP contribution in [-0.4, -0.2) is 43.6 Å². The van der Waals surface area contributed by atoms with Crippen LogP contribution in [0.25, 0.3) is 0 Å². The van der Waals surface area contributed by atoms with Gasteiger partial charge in [0, 0.05) is 43.5 Å². The highest BCUT2D eigenvalue weighted by molar-refractivity contribution is 7.90. The molecule has 1 aliphatic heterocycles. The van der Waals surface area contributed by atoms with Crippen LogP contribution in [0.15, 0.2) is 51.9 Å². The fourth-order valence-corrected chi connectivity index (χ4v) is 4.06. The number of likely N-dealkylation sites (tertiary alicyclic amines) is 1. The van der Waals surface area contributed by atoms with Crippen molar-refractivity contribution >= 4 is 27.5 Å². The summed E-state index contributed by atoms with van der Waals surface area (Å²) in [6, 6.07) is 8.21. The van der Waals surface area contributed by atoms with Crippen molar-refractivity contribution < 1.29 is 17.6 Å². The minimum absolute atomic E-state index is 0.0173. The number of anilines is 1. The van der Waals surface area contributed by atoms with Crippen LogP contribution in [0.1, 0.15) is 36.0 Å². The first-order valence-electron chi connectivity index (χ1n) is 8.93. The quantitative estimate of drug-likeness (QED) is 0.791. The van der Waals surface area contributed by atoms with E-state index in [9.17, 15) is 17.6 Å². The molecule has 2 heterocycles. The number of sulfonamides is 1. The molecule has 1 aliphatic rings. The Labute approximate surface area is 163 Å². The molecule has 28 heavy (non-hydrogen) atoms. The van der Waals surface area contributed by atoms with Gasteiger partial charge in [0.15, 0.2) is 0 Å². The van der Waals surface area contributed by atoms with Crippen molar-refractivity contribution in [1.29, 1.82) is 0 Å². The van der Waals surface area contributed by atoms with Crippen LogP contribution >= 0.6 is 0 Å². The Morgan fingerprint density at radius 2 is 2.04 bits per heavy atom. The van der Waals surface area contributed by atoms with E-state index in [-0.39, 0.29) is 16.1 Å². The average molecular weight is 404 g/mol. The second-order valence-electron chi connectivity index (χ2n) is 6.56. The van der Waals surface area contributed by atoms with Gasteiger partial charge in [0.25, 0.3) is 15.9 Å². The van der Waals surface area contributed by atoms with Crippen LogP contribution in [0, 0.1) is 5.95 Å². The molecule has 1 N–H and O–H groups in total. The van der Waals surface area contributed by atoms with E-state index in [4.69, 9.17) is 0 Å². The van der Waals surface area contributed by atoms with Gasteiger partial charge in [-0.2, -0.15) is 12.8 Å². The predicted molar refractivity (Wildman–Crippen MR) is 104 cm³/mol. The molecule has 1 amide bonds. The normalized spacial score (nSPS) is 16.6. The molecule has 0 radical (unpaired) electrons. The third kappa shape index (κ3) is 4.92. The lowest BCUT2D eigenvalue weighted by atomic mass is 10.2. The summed E-state index contributed by atoms with van der Waals surface area (Å²) in [7, 11) is -2.08. The Kier molecular flexibility index (Phi) is 6.03. The largest absolute Gasteiger partial charge is 0.362 e. The standard InChI is InChI=1S/C19H21FN4O3S/c1-24-11-4-2-3-8-18(24)23-28(26,27)16-7-5-6-15(13-16)22-19(25)14-9-10-21-17(20)12-14/h5-7,9-10,12-13H,2-4,8,11H2,1H3,(H,22,25)/b23-18+. The maximum atomic E-state index is 13.2. The fourth-order valence-electron chi connectivity index (χ4n) is 2.92. The van der Waals surface area contributed by atoms with Gasteiger partial charge < -0.3 is 10.2 Å². The van der Waals surface area contributed by atoms with Crippen molar-refractivity contribution in [2.45, 2.75) is 30.6 Å². The van der Waals surface area contributed by atoms with E-state index < -0.39 is 21.9 Å². The first kappa shape index (κ1) is 19.9. The summed E-state index contributed by atoms with van der Waals surface area (Å²) in [6.07, 6.45) is 4.74. The van der Waals surface area contributed by atoms with Gasteiger partial charge in [-0.25, -0.2) is 4.98 Å². The van der Waals surface area contributed by atoms with Gasteiger partial charge in [0.05, 0.1) is 4.90 Å². The van der Waals surface area contributed by atoms with Crippen molar-refractivity contribution in [3.05, 3.63) is 54.1 Å². The summed E-state index contributed by atoms with van der Waals surface area (Å²) in [5.74, 6) is -0.794. The molecule has 0 atom stereocenters. The number of hydrogen-bond acceptors (Lipinski definition) is 4. The first-order chi connectivity index (χ1) is 13.3. The number of rotatable bonds is 4. The predicted octanol–water partition coefficient (Wildman–Crippen LogP) is 3.07. The van der Waals surface area contributed by atoms with Gasteiger partial charge in [-0.1, -0.05) is 12.5 Å². The highest BCUT2D eigenvalue weighted by Crippen LogP contribution is 2.20. The Bertz CT molecular complexity index is 1010. The lowest BCUT2D eigenvalue weighted by Gasteiger charge is -2.17. The van der Waals surface area contributed by atoms with Crippen molar-refractivity contribution in [3.8, 4) is 0 Å². The molecule has 0 aliphatic carbocycles. The second-order valence-corrected chi connectivity index (χ2v) is 8.17. The van der Waals surface area contributed by atoms with E-state index in [0.717, 1.165) is 31.9 Å². The molecule has 1 saturated heterocycles. The lowest BCUT2D eigenvalue weighted by Crippen LogP contribution is -2.26. The van der Waals surface area contributed by atoms with Crippen LogP contribution in [0.3, 0.4) is 0 Å². The molecule has 2 aromatic rings. The molecule has 0 saturated carbocycles. The Morgan fingerprint density at radius 1 is 1.21 bits per heavy atom. The van der Waals surface area contributed by atoms with Crippen LogP contribution in [0.2, 0.25) is 0 Å². The van der Waals surface area contributed by atoms with Gasteiger partial charge in [-0.15, -0.1) is 4.40 Å². The second kappa shape index (κ2) is 8.47. The zero-order valence-corrected chi connectivity index (χ0v) is 16.2. The summed E-state index contributed by atoms with van der Waals surface area (Å²) in [4.78, 5) is 17.5. The summed E-state index contributed by atoms with van der Waals surface area (Å²) < 4.78 is 42.6. The summed E-state index contributed by atoms with van der Waals surface area (Å²) >= 11 is 0. The van der Waals surface area contributed by atoms with Crippen LogP contribution in [0.4, 0.5) is 10.1 Å². The molecular formula is C19H21FN4O3S. The molecule has 148 valence electrons. The maximum Gasteiger partial charge on any atom is 0.284 e. The molecule has 1 aromatic heterocycles. The minimum atomic E-state index is -3.91. The highest BCUT2D eigenvalue weighted by atomic mass is 32.2. The van der Waals surface area contributed by atoms with Crippen LogP contribution < -0.4 is 5.32 Å². The number of halogens is 1. The molecule has 0 spiro atoms. The van der Waals surface area contributed by atoms with E-state index in [1.807, 2.05) is 11.9 Å². The van der Waals surface area contributed by atoms with Gasteiger partial charge in [-0.05, 0) is 37.1 Å². The van der Waals surface area contributed by atoms with E-state index in [2.05, 4.69) is 14.7 Å². The number of benzene rings is 1. The van der Waals surface area contributed by atoms with Crippen molar-refractivity contribution in [2.75, 3.05) is 18.9 Å². The molecule has 9 heteroatoms. The summed E-state index contributed by atoms with van der Waals surface area (Å²) in [5, 5.41) is 2.56. The molecule has 3 rings (SSSR count). The number of carbonyl (C=O) groups excluding carboxylic acids is 1. The fraction of sp³-hybridized carbons (Fsp3) is 0.316. The topological polar surface area (TPSA) is 91.7 Å². The Balaban J connectivity index is 1.83. The lowest BCUT2D eigenvalue weighted by molar-refractivity contribution is 0.102. The average Bonchev–Trinajstić information content (AvgIpc) is 2.86. The van der Waals surface area contributed by atoms with Gasteiger partial charge in [0.1, 0.15) is 5.84 Å². The third-order valence-corrected chi connectivity index (χ3v) is 5.74. The van der Waals surface area contributed by atoms with Crippen molar-refractivity contribution in [2.24, 2.45) is 4.40 Å². The highest BCUT2D eigenvalue weighted by Gasteiger charge is 2.19. The summed E-state index contributed by atoms with van der Waals surface area (Å²) in [5.41, 5.74) is 0.360. The maximum absolute atomic E-state index is 13.2. The molecule has 1 aromatic carbocycles. The molecule has 1 fully saturated rings. The number of amidine groups is 1. The van der Waals surface area contributed by atoms with Crippen LogP contribution in [0.5, 0.6) is 0 Å². The number of carbonyl (C=O) groups is 1. The first-order valence-corrected chi connectivity index (χ1v) is 10.4. The number of nitrogens with one attached hydrogen (secondary N) is 1. The van der Waals surface area contributed by atoms with E-state index in [1.54, 1.807) is 6.07 Å². The zero-order chi connectivity index (χ0) is 20.1. The molecular weight excluding hydrogens is 383 g/mol. The number of pyridine rings is 1. The number of hydrogen-bond donors (Lipinski definition) is 1. The van der Waals surface area contributed by atoms with E-state index in [1.165, 1.54) is 30.5 Å². The number of aromatic nitrogens is 1. The van der Waals surface area contributed by atoms with E-state index in [0.29, 0.717) is 12.3 Å². The van der Waals surface area contributed by atoms with Gasteiger partial charge in [-0.3, -0.25) is 4.79 Å². The third-order valence-electron chi connectivity index (χ3n) is 4.44.